The molecule has 1 aliphatic rings. The summed E-state index contributed by atoms with van der Waals surface area (Å²) in [6.45, 7) is 3.59. The summed E-state index contributed by atoms with van der Waals surface area (Å²) in [5, 5.41) is 6.21. The number of hydrogen-bond donors (Lipinski definition) is 3. The van der Waals surface area contributed by atoms with E-state index in [1.807, 2.05) is 6.07 Å². The standard InChI is InChI=1S/C21H23ClN4O3/c1-21(2)20(29)24-16-6-4-5-7-17(16)26(21)19(28)13-25(3)12-18(27)23-15-10-8-14(22)9-11-15/h4-11H,12-13H2,1-3H3,(H,23,27)(H,24,29)/p+1. The van der Waals surface area contributed by atoms with E-state index >= 15 is 0 Å². The smallest absolute Gasteiger partial charge is 0.283 e. The Morgan fingerprint density at radius 2 is 1.76 bits per heavy atom. The van der Waals surface area contributed by atoms with Crippen molar-refractivity contribution in [3.63, 3.8) is 0 Å². The maximum Gasteiger partial charge on any atom is 0.283 e. The van der Waals surface area contributed by atoms with Crippen LogP contribution in [0.1, 0.15) is 13.8 Å². The van der Waals surface area contributed by atoms with Crippen molar-refractivity contribution in [1.29, 1.82) is 0 Å². The molecule has 0 spiro atoms. The van der Waals surface area contributed by atoms with Gasteiger partial charge in [-0.1, -0.05) is 23.7 Å². The summed E-state index contributed by atoms with van der Waals surface area (Å²) in [6, 6.07) is 14.0. The maximum atomic E-state index is 13.1. The van der Waals surface area contributed by atoms with E-state index < -0.39 is 5.54 Å². The van der Waals surface area contributed by atoms with E-state index in [0.717, 1.165) is 0 Å². The summed E-state index contributed by atoms with van der Waals surface area (Å²) in [7, 11) is 1.77. The summed E-state index contributed by atoms with van der Waals surface area (Å²) in [5.41, 5.74) is 0.863. The summed E-state index contributed by atoms with van der Waals surface area (Å²) >= 11 is 5.85. The second kappa shape index (κ2) is 8.23. The fourth-order valence-corrected chi connectivity index (χ4v) is 3.44. The molecular weight excluding hydrogens is 392 g/mol. The molecule has 0 aliphatic carbocycles. The number of carbonyl (C=O) groups excluding carboxylic acids is 3. The van der Waals surface area contributed by atoms with Crippen molar-refractivity contribution < 1.29 is 19.3 Å². The molecule has 3 amide bonds. The highest BCUT2D eigenvalue weighted by Gasteiger charge is 2.44. The maximum absolute atomic E-state index is 13.1. The number of nitrogens with zero attached hydrogens (tertiary/aromatic N) is 1. The van der Waals surface area contributed by atoms with Gasteiger partial charge in [-0.05, 0) is 50.2 Å². The van der Waals surface area contributed by atoms with E-state index in [1.54, 1.807) is 63.4 Å². The number of carbonyl (C=O) groups is 3. The van der Waals surface area contributed by atoms with Gasteiger partial charge in [0.2, 0.25) is 5.91 Å². The molecule has 0 bridgehead atoms. The van der Waals surface area contributed by atoms with Gasteiger partial charge in [0.25, 0.3) is 11.8 Å². The number of quaternary nitrogens is 1. The van der Waals surface area contributed by atoms with Crippen LogP contribution in [0.2, 0.25) is 5.02 Å². The first-order valence-electron chi connectivity index (χ1n) is 9.29. The van der Waals surface area contributed by atoms with Crippen molar-refractivity contribution in [2.75, 3.05) is 35.7 Å². The topological polar surface area (TPSA) is 82.9 Å². The zero-order valence-corrected chi connectivity index (χ0v) is 17.3. The molecule has 29 heavy (non-hydrogen) atoms. The van der Waals surface area contributed by atoms with E-state index in [1.165, 1.54) is 4.90 Å². The molecule has 2 aromatic carbocycles. The highest BCUT2D eigenvalue weighted by molar-refractivity contribution is 6.30. The van der Waals surface area contributed by atoms with E-state index in [9.17, 15) is 14.4 Å². The number of nitrogens with one attached hydrogen (secondary N) is 3. The van der Waals surface area contributed by atoms with Gasteiger partial charge in [-0.2, -0.15) is 0 Å². The number of fused-ring (bicyclic) bond motifs is 1. The lowest BCUT2D eigenvalue weighted by Crippen LogP contribution is -3.11. The molecule has 3 rings (SSSR count). The van der Waals surface area contributed by atoms with Gasteiger partial charge < -0.3 is 15.5 Å². The van der Waals surface area contributed by atoms with Gasteiger partial charge in [-0.3, -0.25) is 19.3 Å². The Morgan fingerprint density at radius 1 is 1.10 bits per heavy atom. The van der Waals surface area contributed by atoms with Crippen LogP contribution < -0.4 is 20.4 Å². The van der Waals surface area contributed by atoms with Gasteiger partial charge in [-0.25, -0.2) is 0 Å². The second-order valence-electron chi connectivity index (χ2n) is 7.63. The minimum atomic E-state index is -1.03. The van der Waals surface area contributed by atoms with E-state index in [4.69, 9.17) is 11.6 Å². The molecule has 1 heterocycles. The molecule has 2 aromatic rings. The third kappa shape index (κ3) is 4.58. The molecule has 0 saturated carbocycles. The lowest BCUT2D eigenvalue weighted by atomic mass is 9.96. The Kier molecular flexibility index (Phi) is 5.91. The van der Waals surface area contributed by atoms with Gasteiger partial charge in [-0.15, -0.1) is 0 Å². The molecule has 1 atom stereocenters. The van der Waals surface area contributed by atoms with Crippen LogP contribution in [0.5, 0.6) is 0 Å². The van der Waals surface area contributed by atoms with Gasteiger partial charge in [0.15, 0.2) is 13.1 Å². The molecule has 0 radical (unpaired) electrons. The van der Waals surface area contributed by atoms with E-state index in [2.05, 4.69) is 10.6 Å². The molecule has 0 saturated heterocycles. The first-order valence-corrected chi connectivity index (χ1v) is 9.66. The highest BCUT2D eigenvalue weighted by Crippen LogP contribution is 2.36. The molecule has 0 fully saturated rings. The number of likely N-dealkylation sites (N-methyl/N-ethyl adjacent to an activating group) is 1. The van der Waals surface area contributed by atoms with Gasteiger partial charge in [0.05, 0.1) is 18.4 Å². The molecule has 8 heteroatoms. The average molecular weight is 416 g/mol. The molecule has 1 unspecified atom stereocenters. The molecule has 0 aromatic heterocycles. The van der Waals surface area contributed by atoms with Gasteiger partial charge in [0.1, 0.15) is 5.54 Å². The van der Waals surface area contributed by atoms with Crippen LogP contribution in [-0.2, 0) is 14.4 Å². The molecule has 152 valence electrons. The third-order valence-corrected chi connectivity index (χ3v) is 5.05. The van der Waals surface area contributed by atoms with Crippen molar-refractivity contribution in [2.45, 2.75) is 19.4 Å². The summed E-state index contributed by atoms with van der Waals surface area (Å²) < 4.78 is 0. The Labute approximate surface area is 174 Å². The predicted molar refractivity (Wildman–Crippen MR) is 113 cm³/mol. The number of hydrogen-bond acceptors (Lipinski definition) is 3. The predicted octanol–water partition coefficient (Wildman–Crippen LogP) is 1.56. The molecule has 3 N–H and O–H groups in total. The molecule has 1 aliphatic heterocycles. The monoisotopic (exact) mass is 415 g/mol. The van der Waals surface area contributed by atoms with Crippen molar-refractivity contribution >= 4 is 46.4 Å². The van der Waals surface area contributed by atoms with E-state index in [-0.39, 0.29) is 30.8 Å². The van der Waals surface area contributed by atoms with Crippen LogP contribution >= 0.6 is 11.6 Å². The number of anilines is 3. The van der Waals surface area contributed by atoms with Gasteiger partial charge in [0, 0.05) is 10.7 Å². The number of halogens is 1. The van der Waals surface area contributed by atoms with Crippen LogP contribution in [0.25, 0.3) is 0 Å². The normalized spacial score (nSPS) is 15.9. The lowest BCUT2D eigenvalue weighted by Gasteiger charge is -2.42. The Bertz CT molecular complexity index is 943. The molecular formula is C21H24ClN4O3+. The lowest BCUT2D eigenvalue weighted by molar-refractivity contribution is -0.862. The van der Waals surface area contributed by atoms with Crippen molar-refractivity contribution in [2.24, 2.45) is 0 Å². The SMILES string of the molecule is C[NH+](CC(=O)Nc1ccc(Cl)cc1)CC(=O)N1c2ccccc2NC(=O)C1(C)C. The highest BCUT2D eigenvalue weighted by atomic mass is 35.5. The Hall–Kier alpha value is -2.90. The summed E-state index contributed by atoms with van der Waals surface area (Å²) in [6.07, 6.45) is 0. The zero-order valence-electron chi connectivity index (χ0n) is 16.6. The Balaban J connectivity index is 1.67. The van der Waals surface area contributed by atoms with Crippen LogP contribution in [0.15, 0.2) is 48.5 Å². The summed E-state index contributed by atoms with van der Waals surface area (Å²) in [4.78, 5) is 40.1. The number of benzene rings is 2. The third-order valence-electron chi connectivity index (χ3n) is 4.80. The largest absolute Gasteiger partial charge is 0.322 e. The fourth-order valence-electron chi connectivity index (χ4n) is 3.31. The number of amides is 3. The first-order chi connectivity index (χ1) is 13.7. The second-order valence-corrected chi connectivity index (χ2v) is 8.06. The Morgan fingerprint density at radius 3 is 2.45 bits per heavy atom. The van der Waals surface area contributed by atoms with Crippen molar-refractivity contribution in [3.8, 4) is 0 Å². The van der Waals surface area contributed by atoms with Crippen molar-refractivity contribution in [3.05, 3.63) is 53.6 Å². The van der Waals surface area contributed by atoms with E-state index in [0.29, 0.717) is 27.0 Å². The van der Waals surface area contributed by atoms with Crippen LogP contribution in [0, 0.1) is 0 Å². The number of para-hydroxylation sites is 2. The average Bonchev–Trinajstić information content (AvgIpc) is 2.64. The van der Waals surface area contributed by atoms with Crippen molar-refractivity contribution in [1.82, 2.24) is 0 Å². The van der Waals surface area contributed by atoms with Crippen LogP contribution in [-0.4, -0.2) is 43.4 Å². The fraction of sp³-hybridized carbons (Fsp3) is 0.286. The zero-order chi connectivity index (χ0) is 21.2. The summed E-state index contributed by atoms with van der Waals surface area (Å²) in [5.74, 6) is -0.689. The minimum Gasteiger partial charge on any atom is -0.322 e. The first kappa shape index (κ1) is 20.8. The number of rotatable bonds is 5. The minimum absolute atomic E-state index is 0.0685. The van der Waals surface area contributed by atoms with Crippen LogP contribution in [0.4, 0.5) is 17.1 Å². The quantitative estimate of drug-likeness (QED) is 0.693. The van der Waals surface area contributed by atoms with Crippen LogP contribution in [0.3, 0.4) is 0 Å². The van der Waals surface area contributed by atoms with Gasteiger partial charge >= 0.3 is 0 Å². The molecule has 7 nitrogen and oxygen atoms in total.